The number of amidine groups is 1. The number of hydrogen-bond acceptors (Lipinski definition) is 5. The smallest absolute Gasteiger partial charge is 0.285 e. The first-order valence-electron chi connectivity index (χ1n) is 8.02. The minimum atomic E-state index is -0.142. The zero-order chi connectivity index (χ0) is 15.9. The summed E-state index contributed by atoms with van der Waals surface area (Å²) in [4.78, 5) is 13.1. The van der Waals surface area contributed by atoms with Crippen molar-refractivity contribution in [3.05, 3.63) is 48.0 Å². The van der Waals surface area contributed by atoms with Gasteiger partial charge in [-0.2, -0.15) is 0 Å². The van der Waals surface area contributed by atoms with Gasteiger partial charge in [-0.3, -0.25) is 0 Å². The summed E-state index contributed by atoms with van der Waals surface area (Å²) in [6.07, 6.45) is 8.33. The number of fused-ring (bicyclic) bond motifs is 1. The van der Waals surface area contributed by atoms with Crippen LogP contribution in [0.1, 0.15) is 24.5 Å². The van der Waals surface area contributed by atoms with Gasteiger partial charge in [-0.05, 0) is 36.5 Å². The maximum atomic E-state index is 5.85. The first kappa shape index (κ1) is 14.2. The largest absolute Gasteiger partial charge is 0.460 e. The number of hydrogen-bond donors (Lipinski definition) is 1. The summed E-state index contributed by atoms with van der Waals surface area (Å²) >= 11 is 0. The van der Waals surface area contributed by atoms with Crippen molar-refractivity contribution in [1.29, 1.82) is 0 Å². The average Bonchev–Trinajstić information content (AvgIpc) is 2.90. The van der Waals surface area contributed by atoms with Crippen molar-refractivity contribution in [2.45, 2.75) is 37.8 Å². The van der Waals surface area contributed by atoms with Crippen LogP contribution in [0, 0.1) is 0 Å². The maximum Gasteiger partial charge on any atom is 0.285 e. The Hall–Kier alpha value is -2.43. The molecule has 1 spiro atoms. The van der Waals surface area contributed by atoms with E-state index in [0.717, 1.165) is 24.8 Å². The van der Waals surface area contributed by atoms with Gasteiger partial charge in [0.2, 0.25) is 0 Å². The number of nitrogens with zero attached hydrogens (tertiary/aromatic N) is 3. The number of aromatic nitrogens is 2. The Morgan fingerprint density at radius 2 is 2.09 bits per heavy atom. The SMILES string of the molecule is CNC1=NC2(CCc3c(cccc3-c3cncnc3)C2)C(C)O1. The van der Waals surface area contributed by atoms with E-state index in [1.165, 1.54) is 16.7 Å². The zero-order valence-electron chi connectivity index (χ0n) is 13.4. The highest BCUT2D eigenvalue weighted by Gasteiger charge is 2.45. The molecule has 118 valence electrons. The van der Waals surface area contributed by atoms with Gasteiger partial charge in [-0.25, -0.2) is 15.0 Å². The minimum Gasteiger partial charge on any atom is -0.460 e. The van der Waals surface area contributed by atoms with Gasteiger partial charge in [-0.1, -0.05) is 18.2 Å². The van der Waals surface area contributed by atoms with Crippen LogP contribution in [0.3, 0.4) is 0 Å². The summed E-state index contributed by atoms with van der Waals surface area (Å²) in [6, 6.07) is 7.15. The highest BCUT2D eigenvalue weighted by atomic mass is 16.5. The number of ether oxygens (including phenoxy) is 1. The Balaban J connectivity index is 1.74. The predicted octanol–water partition coefficient (Wildman–Crippen LogP) is 2.37. The average molecular weight is 308 g/mol. The number of benzene rings is 1. The number of nitrogens with one attached hydrogen (secondary N) is 1. The fraction of sp³-hybridized carbons (Fsp3) is 0.389. The van der Waals surface area contributed by atoms with Crippen molar-refractivity contribution >= 4 is 6.02 Å². The third-order valence-electron chi connectivity index (χ3n) is 5.03. The van der Waals surface area contributed by atoms with E-state index >= 15 is 0 Å². The maximum absolute atomic E-state index is 5.85. The highest BCUT2D eigenvalue weighted by Crippen LogP contribution is 2.41. The first-order chi connectivity index (χ1) is 11.2. The fourth-order valence-corrected chi connectivity index (χ4v) is 3.72. The number of aliphatic imine (C=N–C) groups is 1. The van der Waals surface area contributed by atoms with Crippen molar-refractivity contribution in [1.82, 2.24) is 15.3 Å². The molecule has 1 aromatic carbocycles. The Bertz CT molecular complexity index is 759. The lowest BCUT2D eigenvalue weighted by Gasteiger charge is -2.35. The molecule has 0 saturated heterocycles. The van der Waals surface area contributed by atoms with E-state index in [9.17, 15) is 0 Å². The molecule has 2 heterocycles. The van der Waals surface area contributed by atoms with Crippen LogP contribution in [0.5, 0.6) is 0 Å². The van der Waals surface area contributed by atoms with Gasteiger partial charge in [0.25, 0.3) is 6.02 Å². The molecular weight excluding hydrogens is 288 g/mol. The quantitative estimate of drug-likeness (QED) is 0.878. The van der Waals surface area contributed by atoms with E-state index in [2.05, 4.69) is 40.4 Å². The molecule has 1 N–H and O–H groups in total. The van der Waals surface area contributed by atoms with Gasteiger partial charge in [0.15, 0.2) is 0 Å². The Morgan fingerprint density at radius 3 is 2.83 bits per heavy atom. The zero-order valence-corrected chi connectivity index (χ0v) is 13.4. The molecule has 2 unspecified atom stereocenters. The van der Waals surface area contributed by atoms with Crippen molar-refractivity contribution < 1.29 is 4.74 Å². The molecule has 0 radical (unpaired) electrons. The molecule has 1 aliphatic carbocycles. The predicted molar refractivity (Wildman–Crippen MR) is 89.3 cm³/mol. The van der Waals surface area contributed by atoms with E-state index < -0.39 is 0 Å². The second-order valence-electron chi connectivity index (χ2n) is 6.28. The molecule has 0 amide bonds. The molecule has 1 aliphatic heterocycles. The normalized spacial score (nSPS) is 25.7. The van der Waals surface area contributed by atoms with Gasteiger partial charge in [-0.15, -0.1) is 0 Å². The Labute approximate surface area is 135 Å². The standard InChI is InChI=1S/C18H20N4O/c1-12-18(22-17(19-2)23-12)7-6-16-13(8-18)4-3-5-15(16)14-9-20-11-21-10-14/h3-5,9-12H,6-8H2,1-2H3,(H,19,22). The van der Waals surface area contributed by atoms with Gasteiger partial charge in [0.1, 0.15) is 18.0 Å². The second kappa shape index (κ2) is 5.33. The lowest BCUT2D eigenvalue weighted by molar-refractivity contribution is 0.138. The fourth-order valence-electron chi connectivity index (χ4n) is 3.72. The highest BCUT2D eigenvalue weighted by molar-refractivity contribution is 5.76. The van der Waals surface area contributed by atoms with Gasteiger partial charge in [0.05, 0.1) is 0 Å². The third-order valence-corrected chi connectivity index (χ3v) is 5.03. The molecule has 0 bridgehead atoms. The first-order valence-corrected chi connectivity index (χ1v) is 8.02. The van der Waals surface area contributed by atoms with Gasteiger partial charge in [0, 0.05) is 31.4 Å². The summed E-state index contributed by atoms with van der Waals surface area (Å²) in [5.41, 5.74) is 4.93. The van der Waals surface area contributed by atoms with E-state index in [4.69, 9.17) is 9.73 Å². The molecule has 1 aromatic heterocycles. The molecule has 5 heteroatoms. The van der Waals surface area contributed by atoms with Crippen LogP contribution < -0.4 is 5.32 Å². The molecule has 2 atom stereocenters. The van der Waals surface area contributed by atoms with Crippen LogP contribution in [0.2, 0.25) is 0 Å². The van der Waals surface area contributed by atoms with Crippen molar-refractivity contribution in [2.24, 2.45) is 4.99 Å². The lowest BCUT2D eigenvalue weighted by atomic mass is 9.74. The summed E-state index contributed by atoms with van der Waals surface area (Å²) in [5.74, 6) is 0. The van der Waals surface area contributed by atoms with E-state index in [1.54, 1.807) is 6.33 Å². The van der Waals surface area contributed by atoms with Crippen molar-refractivity contribution in [2.75, 3.05) is 7.05 Å². The molecule has 5 nitrogen and oxygen atoms in total. The van der Waals surface area contributed by atoms with Gasteiger partial charge < -0.3 is 10.1 Å². The number of rotatable bonds is 1. The molecule has 4 rings (SSSR count). The van der Waals surface area contributed by atoms with Crippen LogP contribution in [0.25, 0.3) is 11.1 Å². The second-order valence-corrected chi connectivity index (χ2v) is 6.28. The van der Waals surface area contributed by atoms with E-state index in [1.807, 2.05) is 19.4 Å². The molecule has 2 aliphatic rings. The van der Waals surface area contributed by atoms with Gasteiger partial charge >= 0.3 is 0 Å². The monoisotopic (exact) mass is 308 g/mol. The lowest BCUT2D eigenvalue weighted by Crippen LogP contribution is -2.41. The summed E-state index contributed by atoms with van der Waals surface area (Å²) < 4.78 is 5.85. The van der Waals surface area contributed by atoms with Crippen LogP contribution in [-0.2, 0) is 17.6 Å². The van der Waals surface area contributed by atoms with Crippen molar-refractivity contribution in [3.63, 3.8) is 0 Å². The van der Waals surface area contributed by atoms with Crippen LogP contribution in [-0.4, -0.2) is 34.7 Å². The minimum absolute atomic E-state index is 0.0989. The topological polar surface area (TPSA) is 59.4 Å². The van der Waals surface area contributed by atoms with Crippen LogP contribution >= 0.6 is 0 Å². The molecule has 0 fully saturated rings. The molecule has 23 heavy (non-hydrogen) atoms. The van der Waals surface area contributed by atoms with Crippen molar-refractivity contribution in [3.8, 4) is 11.1 Å². The molecule has 0 saturated carbocycles. The molecular formula is C18H20N4O. The third kappa shape index (κ3) is 2.27. The Kier molecular flexibility index (Phi) is 3.29. The molecule has 2 aromatic rings. The summed E-state index contributed by atoms with van der Waals surface area (Å²) in [6.45, 7) is 2.12. The van der Waals surface area contributed by atoms with E-state index in [-0.39, 0.29) is 11.6 Å². The summed E-state index contributed by atoms with van der Waals surface area (Å²) in [7, 11) is 1.86. The Morgan fingerprint density at radius 1 is 1.26 bits per heavy atom. The van der Waals surface area contributed by atoms with Crippen LogP contribution in [0.15, 0.2) is 41.9 Å². The van der Waals surface area contributed by atoms with Crippen LogP contribution in [0.4, 0.5) is 0 Å². The van der Waals surface area contributed by atoms with E-state index in [0.29, 0.717) is 6.02 Å². The summed E-state index contributed by atoms with van der Waals surface area (Å²) in [5, 5.41) is 3.04.